The average molecular weight is 370 g/mol. The van der Waals surface area contributed by atoms with E-state index >= 15 is 0 Å². The minimum atomic E-state index is -1.97. The predicted molar refractivity (Wildman–Crippen MR) is 88.1 cm³/mol. The lowest BCUT2D eigenvalue weighted by Gasteiger charge is -2.02. The molecule has 0 saturated carbocycles. The number of Topliss-reactive ketones (excluding diaryl/α,β-unsaturated/α-hetero) is 1. The summed E-state index contributed by atoms with van der Waals surface area (Å²) < 4.78 is 54.8. The van der Waals surface area contributed by atoms with Crippen molar-refractivity contribution >= 4 is 29.3 Å². The molecule has 0 spiro atoms. The highest BCUT2D eigenvalue weighted by molar-refractivity contribution is 8.03. The highest BCUT2D eigenvalue weighted by atomic mass is 32.2. The van der Waals surface area contributed by atoms with Crippen molar-refractivity contribution in [1.82, 2.24) is 0 Å². The van der Waals surface area contributed by atoms with Crippen molar-refractivity contribution in [3.8, 4) is 0 Å². The minimum Gasteiger partial charge on any atom is -0.283 e. The van der Waals surface area contributed by atoms with E-state index in [0.717, 1.165) is 0 Å². The number of carbonyl (C=O) groups is 1. The van der Waals surface area contributed by atoms with E-state index in [1.165, 1.54) is 24.3 Å². The molecule has 2 rings (SSSR count). The van der Waals surface area contributed by atoms with Gasteiger partial charge in [-0.25, -0.2) is 0 Å². The lowest BCUT2D eigenvalue weighted by atomic mass is 10.3. The van der Waals surface area contributed by atoms with Gasteiger partial charge in [0.1, 0.15) is 0 Å². The largest absolute Gasteiger partial charge is 0.283 e. The molecule has 0 unspecified atom stereocenters. The summed E-state index contributed by atoms with van der Waals surface area (Å²) in [6.45, 7) is 0. The quantitative estimate of drug-likeness (QED) is 0.335. The first-order chi connectivity index (χ1) is 11.5. The van der Waals surface area contributed by atoms with Gasteiger partial charge in [0.15, 0.2) is 0 Å². The molecule has 0 aromatic heterocycles. The molecule has 0 heterocycles. The van der Waals surface area contributed by atoms with E-state index in [1.807, 2.05) is 0 Å². The van der Waals surface area contributed by atoms with Crippen LogP contribution in [0.5, 0.6) is 0 Å². The van der Waals surface area contributed by atoms with Crippen molar-refractivity contribution in [1.29, 1.82) is 0 Å². The van der Waals surface area contributed by atoms with Crippen LogP contribution in [0.25, 0.3) is 0 Å². The number of hydrogen-bond acceptors (Lipinski definition) is 3. The molecule has 2 aromatic carbocycles. The Hall–Kier alpha value is -1.99. The summed E-state index contributed by atoms with van der Waals surface area (Å²) in [5.74, 6) is -5.90. The van der Waals surface area contributed by atoms with Crippen LogP contribution >= 0.6 is 23.5 Å². The summed E-state index contributed by atoms with van der Waals surface area (Å²) in [6.07, 6.45) is 0. The smallest absolute Gasteiger partial charge is 0.256 e. The number of ketones is 1. The molecule has 1 nitrogen and oxygen atoms in total. The van der Waals surface area contributed by atoms with Crippen LogP contribution in [0.2, 0.25) is 0 Å². The molecule has 0 aliphatic carbocycles. The van der Waals surface area contributed by atoms with Crippen LogP contribution in [0, 0.1) is 0 Å². The number of thioether (sulfide) groups is 2. The van der Waals surface area contributed by atoms with Gasteiger partial charge in [0, 0.05) is 9.79 Å². The van der Waals surface area contributed by atoms with E-state index < -0.39 is 27.8 Å². The first-order valence-electron chi connectivity index (χ1n) is 6.60. The number of carbonyl (C=O) groups excluding carboxylic acids is 1. The molecular weight excluding hydrogens is 360 g/mol. The summed E-state index contributed by atoms with van der Waals surface area (Å²) in [7, 11) is 0. The summed E-state index contributed by atoms with van der Waals surface area (Å²) >= 11 is 0.623. The van der Waals surface area contributed by atoms with Crippen molar-refractivity contribution in [2.75, 3.05) is 0 Å². The molecule has 0 radical (unpaired) electrons. The van der Waals surface area contributed by atoms with Gasteiger partial charge in [-0.2, -0.15) is 17.6 Å². The topological polar surface area (TPSA) is 17.1 Å². The Bertz CT molecular complexity index is 708. The molecule has 7 heteroatoms. The van der Waals surface area contributed by atoms with E-state index in [-0.39, 0.29) is 0 Å². The van der Waals surface area contributed by atoms with Gasteiger partial charge in [-0.1, -0.05) is 59.9 Å². The lowest BCUT2D eigenvalue weighted by Crippen LogP contribution is -2.01. The molecule has 2 aromatic rings. The van der Waals surface area contributed by atoms with Crippen molar-refractivity contribution in [2.24, 2.45) is 0 Å². The highest BCUT2D eigenvalue weighted by Crippen LogP contribution is 2.35. The van der Waals surface area contributed by atoms with Gasteiger partial charge in [-0.05, 0) is 24.3 Å². The van der Waals surface area contributed by atoms with E-state index in [9.17, 15) is 22.4 Å². The number of allylic oxidation sites excluding steroid dienone is 2. The van der Waals surface area contributed by atoms with Gasteiger partial charge < -0.3 is 0 Å². The van der Waals surface area contributed by atoms with E-state index in [0.29, 0.717) is 33.3 Å². The van der Waals surface area contributed by atoms with Gasteiger partial charge >= 0.3 is 0 Å². The van der Waals surface area contributed by atoms with Gasteiger partial charge in [-0.15, -0.1) is 0 Å². The van der Waals surface area contributed by atoms with E-state index in [1.54, 1.807) is 36.4 Å². The molecule has 0 N–H and O–H groups in total. The molecule has 124 valence electrons. The second-order valence-electron chi connectivity index (χ2n) is 4.33. The van der Waals surface area contributed by atoms with Crippen LogP contribution in [0.1, 0.15) is 0 Å². The normalized spacial score (nSPS) is 13.2. The highest BCUT2D eigenvalue weighted by Gasteiger charge is 2.25. The fraction of sp³-hybridized carbons (Fsp3) is 0. The minimum absolute atomic E-state index is 0.312. The Morgan fingerprint density at radius 2 is 0.958 bits per heavy atom. The molecular formula is C17H10F4OS2. The van der Waals surface area contributed by atoms with Crippen LogP contribution in [0.15, 0.2) is 92.4 Å². The number of rotatable bonds is 6. The van der Waals surface area contributed by atoms with Gasteiger partial charge in [0.25, 0.3) is 5.78 Å². The summed E-state index contributed by atoms with van der Waals surface area (Å²) in [4.78, 5) is 12.2. The van der Waals surface area contributed by atoms with Crippen LogP contribution in [0.3, 0.4) is 0 Å². The van der Waals surface area contributed by atoms with Crippen LogP contribution in [-0.4, -0.2) is 5.78 Å². The second-order valence-corrected chi connectivity index (χ2v) is 6.40. The zero-order valence-electron chi connectivity index (χ0n) is 12.0. The third-order valence-corrected chi connectivity index (χ3v) is 4.38. The van der Waals surface area contributed by atoms with Gasteiger partial charge in [0.05, 0.1) is 0 Å². The zero-order chi connectivity index (χ0) is 17.5. The number of halogens is 4. The first-order valence-corrected chi connectivity index (χ1v) is 8.23. The monoisotopic (exact) mass is 370 g/mol. The fourth-order valence-electron chi connectivity index (χ4n) is 1.55. The summed E-state index contributed by atoms with van der Waals surface area (Å²) in [5.41, 5.74) is 0. The first kappa shape index (κ1) is 18.4. The molecule has 0 saturated heterocycles. The Balaban J connectivity index is 2.16. The predicted octanol–water partition coefficient (Wildman–Crippen LogP) is 6.36. The number of benzene rings is 2. The Kier molecular flexibility index (Phi) is 6.69. The van der Waals surface area contributed by atoms with Crippen LogP contribution < -0.4 is 0 Å². The molecule has 0 bridgehead atoms. The van der Waals surface area contributed by atoms with Gasteiger partial charge in [0.2, 0.25) is 22.0 Å². The molecule has 0 fully saturated rings. The molecule has 0 aliphatic rings. The third-order valence-electron chi connectivity index (χ3n) is 2.65. The van der Waals surface area contributed by atoms with E-state index in [2.05, 4.69) is 0 Å². The SMILES string of the molecule is O=C(C(F)=C(F)Sc1ccccc1)C(F)=C(F)Sc1ccccc1. The maximum Gasteiger partial charge on any atom is 0.256 e. The third kappa shape index (κ3) is 5.01. The summed E-state index contributed by atoms with van der Waals surface area (Å²) in [6, 6.07) is 15.6. The van der Waals surface area contributed by atoms with Crippen molar-refractivity contribution in [2.45, 2.75) is 9.79 Å². The summed E-state index contributed by atoms with van der Waals surface area (Å²) in [5, 5.41) is -3.06. The maximum atomic E-state index is 13.7. The van der Waals surface area contributed by atoms with Crippen molar-refractivity contribution in [3.63, 3.8) is 0 Å². The van der Waals surface area contributed by atoms with Gasteiger partial charge in [-0.3, -0.25) is 4.79 Å². The standard InChI is InChI=1S/C17H10F4OS2/c18-13(16(20)23-11-7-3-1-4-8-11)15(22)14(19)17(21)24-12-9-5-2-6-10-12/h1-10H. The van der Waals surface area contributed by atoms with E-state index in [4.69, 9.17) is 0 Å². The molecule has 0 aliphatic heterocycles. The fourth-order valence-corrected chi connectivity index (χ4v) is 2.91. The average Bonchev–Trinajstić information content (AvgIpc) is 2.61. The Morgan fingerprint density at radius 1 is 0.625 bits per heavy atom. The molecule has 0 atom stereocenters. The van der Waals surface area contributed by atoms with Crippen molar-refractivity contribution < 1.29 is 22.4 Å². The Labute approximate surface area is 144 Å². The Morgan fingerprint density at radius 3 is 1.29 bits per heavy atom. The maximum absolute atomic E-state index is 13.7. The molecule has 24 heavy (non-hydrogen) atoms. The zero-order valence-corrected chi connectivity index (χ0v) is 13.6. The second kappa shape index (κ2) is 8.75. The number of hydrogen-bond donors (Lipinski definition) is 0. The lowest BCUT2D eigenvalue weighted by molar-refractivity contribution is -0.115. The van der Waals surface area contributed by atoms with Crippen molar-refractivity contribution in [3.05, 3.63) is 82.6 Å². The van der Waals surface area contributed by atoms with Crippen LogP contribution in [0.4, 0.5) is 17.6 Å². The molecule has 0 amide bonds. The van der Waals surface area contributed by atoms with Crippen LogP contribution in [-0.2, 0) is 4.79 Å².